The van der Waals surface area contributed by atoms with Gasteiger partial charge in [0.15, 0.2) is 17.8 Å². The normalized spacial score (nSPS) is 10.3. The fraction of sp³-hybridized carbons (Fsp3) is 0.312. The quantitative estimate of drug-likeness (QED) is 0.760. The highest BCUT2D eigenvalue weighted by Crippen LogP contribution is 2.25. The Balaban J connectivity index is 2.03. The fourth-order valence-electron chi connectivity index (χ4n) is 2.28. The van der Waals surface area contributed by atoms with E-state index in [1.807, 2.05) is 44.2 Å². The second-order valence-electron chi connectivity index (χ2n) is 4.60. The van der Waals surface area contributed by atoms with Crippen molar-refractivity contribution in [1.29, 1.82) is 0 Å². The first-order valence-corrected chi connectivity index (χ1v) is 6.55. The summed E-state index contributed by atoms with van der Waals surface area (Å²) in [5.41, 5.74) is 2.77. The van der Waals surface area contributed by atoms with E-state index >= 15 is 0 Å². The fourth-order valence-corrected chi connectivity index (χ4v) is 2.28. The van der Waals surface area contributed by atoms with Crippen LogP contribution in [0.1, 0.15) is 21.7 Å². The van der Waals surface area contributed by atoms with E-state index in [0.29, 0.717) is 13.2 Å². The van der Waals surface area contributed by atoms with Gasteiger partial charge in [-0.2, -0.15) is 0 Å². The lowest BCUT2D eigenvalue weighted by Crippen LogP contribution is -2.11. The third-order valence-corrected chi connectivity index (χ3v) is 3.38. The van der Waals surface area contributed by atoms with Crippen LogP contribution in [0.25, 0.3) is 0 Å². The molecule has 0 aliphatic carbocycles. The van der Waals surface area contributed by atoms with Crippen molar-refractivity contribution in [2.75, 3.05) is 13.7 Å². The van der Waals surface area contributed by atoms with Gasteiger partial charge in [0.2, 0.25) is 0 Å². The van der Waals surface area contributed by atoms with Crippen molar-refractivity contribution in [3.05, 3.63) is 47.3 Å². The number of carbonyl (C=O) groups is 1. The molecule has 0 fully saturated rings. The van der Waals surface area contributed by atoms with E-state index < -0.39 is 0 Å². The largest absolute Gasteiger partial charge is 0.493 e. The smallest absolute Gasteiger partial charge is 0.161 e. The predicted octanol–water partition coefficient (Wildman–Crippen LogP) is 3.01. The van der Waals surface area contributed by atoms with Gasteiger partial charge < -0.3 is 14.0 Å². The van der Waals surface area contributed by atoms with Crippen LogP contribution in [0.2, 0.25) is 0 Å². The van der Waals surface area contributed by atoms with Crippen LogP contribution in [0.5, 0.6) is 11.5 Å². The van der Waals surface area contributed by atoms with Crippen molar-refractivity contribution in [3.63, 3.8) is 0 Å². The molecular formula is C16H19NO3. The van der Waals surface area contributed by atoms with Gasteiger partial charge in [0.1, 0.15) is 6.61 Å². The van der Waals surface area contributed by atoms with E-state index in [1.165, 1.54) is 0 Å². The lowest BCUT2D eigenvalue weighted by atomic mass is 10.3. The molecule has 4 nitrogen and oxygen atoms in total. The SMILES string of the molecule is COc1ccccc1OCCn1c(C)cc(C=O)c1C. The number of aldehydes is 1. The molecule has 2 rings (SSSR count). The highest BCUT2D eigenvalue weighted by Gasteiger charge is 2.08. The van der Waals surface area contributed by atoms with Gasteiger partial charge in [0.05, 0.1) is 13.7 Å². The summed E-state index contributed by atoms with van der Waals surface area (Å²) in [7, 11) is 1.62. The third kappa shape index (κ3) is 2.85. The molecular weight excluding hydrogens is 254 g/mol. The summed E-state index contributed by atoms with van der Waals surface area (Å²) >= 11 is 0. The van der Waals surface area contributed by atoms with Crippen LogP contribution in [-0.4, -0.2) is 24.6 Å². The van der Waals surface area contributed by atoms with Crippen LogP contribution in [0.15, 0.2) is 30.3 Å². The summed E-state index contributed by atoms with van der Waals surface area (Å²) in [6.45, 7) is 5.15. The highest BCUT2D eigenvalue weighted by atomic mass is 16.5. The molecule has 1 aromatic carbocycles. The minimum atomic E-state index is 0.523. The molecule has 0 aliphatic heterocycles. The number of aryl methyl sites for hydroxylation is 1. The molecule has 0 N–H and O–H groups in total. The number of carbonyl (C=O) groups excluding carboxylic acids is 1. The standard InChI is InChI=1S/C16H19NO3/c1-12-10-14(11-18)13(2)17(12)8-9-20-16-7-5-4-6-15(16)19-3/h4-7,10-11H,8-9H2,1-3H3. The van der Waals surface area contributed by atoms with Gasteiger partial charge >= 0.3 is 0 Å². The predicted molar refractivity (Wildman–Crippen MR) is 77.8 cm³/mol. The molecule has 20 heavy (non-hydrogen) atoms. The molecule has 106 valence electrons. The Kier molecular flexibility index (Phi) is 4.45. The molecule has 4 heteroatoms. The number of para-hydroxylation sites is 2. The number of hydrogen-bond acceptors (Lipinski definition) is 3. The first-order chi connectivity index (χ1) is 9.67. The highest BCUT2D eigenvalue weighted by molar-refractivity contribution is 5.77. The molecule has 0 bridgehead atoms. The number of ether oxygens (including phenoxy) is 2. The Hall–Kier alpha value is -2.23. The number of methoxy groups -OCH3 is 1. The summed E-state index contributed by atoms with van der Waals surface area (Å²) in [4.78, 5) is 10.9. The first kappa shape index (κ1) is 14.2. The van der Waals surface area contributed by atoms with E-state index in [0.717, 1.165) is 34.7 Å². The third-order valence-electron chi connectivity index (χ3n) is 3.38. The van der Waals surface area contributed by atoms with Crippen LogP contribution in [0.4, 0.5) is 0 Å². The monoisotopic (exact) mass is 273 g/mol. The zero-order chi connectivity index (χ0) is 14.5. The lowest BCUT2D eigenvalue weighted by Gasteiger charge is -2.13. The number of nitrogens with zero attached hydrogens (tertiary/aromatic N) is 1. The van der Waals surface area contributed by atoms with Crippen LogP contribution >= 0.6 is 0 Å². The van der Waals surface area contributed by atoms with Gasteiger partial charge in [-0.25, -0.2) is 0 Å². The summed E-state index contributed by atoms with van der Waals surface area (Å²) in [6.07, 6.45) is 0.889. The van der Waals surface area contributed by atoms with Crippen LogP contribution in [-0.2, 0) is 6.54 Å². The van der Waals surface area contributed by atoms with Crippen molar-refractivity contribution in [3.8, 4) is 11.5 Å². The van der Waals surface area contributed by atoms with Crippen molar-refractivity contribution < 1.29 is 14.3 Å². The minimum Gasteiger partial charge on any atom is -0.493 e. The molecule has 2 aromatic rings. The van der Waals surface area contributed by atoms with E-state index in [9.17, 15) is 4.79 Å². The molecule has 0 aliphatic rings. The summed E-state index contributed by atoms with van der Waals surface area (Å²) < 4.78 is 13.1. The maximum atomic E-state index is 10.9. The van der Waals surface area contributed by atoms with Crippen LogP contribution < -0.4 is 9.47 Å². The number of rotatable bonds is 6. The molecule has 0 atom stereocenters. The Bertz CT molecular complexity index is 602. The molecule has 1 heterocycles. The summed E-state index contributed by atoms with van der Waals surface area (Å²) in [5.74, 6) is 1.45. The van der Waals surface area contributed by atoms with E-state index in [-0.39, 0.29) is 0 Å². The van der Waals surface area contributed by atoms with E-state index in [4.69, 9.17) is 9.47 Å². The second-order valence-corrected chi connectivity index (χ2v) is 4.60. The second kappa shape index (κ2) is 6.28. The average Bonchev–Trinajstić information content (AvgIpc) is 2.75. The number of aromatic nitrogens is 1. The molecule has 0 amide bonds. The summed E-state index contributed by atoms with van der Waals surface area (Å²) in [5, 5.41) is 0. The van der Waals surface area contributed by atoms with Gasteiger partial charge in [-0.1, -0.05) is 12.1 Å². The molecule has 0 saturated heterocycles. The van der Waals surface area contributed by atoms with Gasteiger partial charge in [-0.3, -0.25) is 4.79 Å². The van der Waals surface area contributed by atoms with Crippen LogP contribution in [0, 0.1) is 13.8 Å². The zero-order valence-electron chi connectivity index (χ0n) is 12.1. The minimum absolute atomic E-state index is 0.523. The molecule has 0 spiro atoms. The van der Waals surface area contributed by atoms with Gasteiger partial charge in [0.25, 0.3) is 0 Å². The Morgan fingerprint density at radius 3 is 2.50 bits per heavy atom. The molecule has 0 saturated carbocycles. The molecule has 0 unspecified atom stereocenters. The lowest BCUT2D eigenvalue weighted by molar-refractivity contribution is 0.112. The van der Waals surface area contributed by atoms with Crippen molar-refractivity contribution >= 4 is 6.29 Å². The van der Waals surface area contributed by atoms with Crippen molar-refractivity contribution in [1.82, 2.24) is 4.57 Å². The van der Waals surface area contributed by atoms with Crippen molar-refractivity contribution in [2.24, 2.45) is 0 Å². The number of benzene rings is 1. The number of hydrogen-bond donors (Lipinski definition) is 0. The van der Waals surface area contributed by atoms with E-state index in [1.54, 1.807) is 7.11 Å². The van der Waals surface area contributed by atoms with E-state index in [2.05, 4.69) is 4.57 Å². The Morgan fingerprint density at radius 2 is 1.90 bits per heavy atom. The molecule has 1 aromatic heterocycles. The topological polar surface area (TPSA) is 40.5 Å². The van der Waals surface area contributed by atoms with Gasteiger partial charge in [-0.15, -0.1) is 0 Å². The maximum absolute atomic E-state index is 10.9. The Morgan fingerprint density at radius 1 is 1.20 bits per heavy atom. The van der Waals surface area contributed by atoms with Crippen molar-refractivity contribution in [2.45, 2.75) is 20.4 Å². The zero-order valence-corrected chi connectivity index (χ0v) is 12.1. The van der Waals surface area contributed by atoms with Gasteiger partial charge in [0, 0.05) is 17.0 Å². The Labute approximate surface area is 118 Å². The first-order valence-electron chi connectivity index (χ1n) is 6.55. The maximum Gasteiger partial charge on any atom is 0.161 e. The molecule has 0 radical (unpaired) electrons. The van der Waals surface area contributed by atoms with Crippen LogP contribution in [0.3, 0.4) is 0 Å². The van der Waals surface area contributed by atoms with Gasteiger partial charge in [-0.05, 0) is 32.0 Å². The summed E-state index contributed by atoms with van der Waals surface area (Å²) in [6, 6.07) is 9.46. The average molecular weight is 273 g/mol.